The van der Waals surface area contributed by atoms with Gasteiger partial charge in [0.1, 0.15) is 11.4 Å². The van der Waals surface area contributed by atoms with Gasteiger partial charge in [0.2, 0.25) is 0 Å². The first-order valence-corrected chi connectivity index (χ1v) is 7.13. The summed E-state index contributed by atoms with van der Waals surface area (Å²) in [6.45, 7) is 3.97. The van der Waals surface area contributed by atoms with Crippen LogP contribution in [-0.2, 0) is 0 Å². The Labute approximate surface area is 118 Å². The van der Waals surface area contributed by atoms with Crippen molar-refractivity contribution in [3.05, 3.63) is 30.0 Å². The molecule has 0 radical (unpaired) electrons. The molecular weight excluding hydrogens is 252 g/mol. The van der Waals surface area contributed by atoms with E-state index in [4.69, 9.17) is 4.74 Å². The van der Waals surface area contributed by atoms with Crippen molar-refractivity contribution in [2.75, 3.05) is 20.2 Å². The topological polar surface area (TPSA) is 45.3 Å². The van der Waals surface area contributed by atoms with Crippen LogP contribution in [0, 0.1) is 5.92 Å². The SMILES string of the molecule is COc1ccc2cc(C(=O)N3CCC(C)CC3)[nH]c2c1. The third-order valence-electron chi connectivity index (χ3n) is 4.13. The van der Waals surface area contributed by atoms with E-state index >= 15 is 0 Å². The molecule has 106 valence electrons. The Morgan fingerprint density at radius 2 is 2.05 bits per heavy atom. The molecule has 0 unspecified atom stereocenters. The number of piperidine rings is 1. The summed E-state index contributed by atoms with van der Waals surface area (Å²) in [4.78, 5) is 17.6. The molecule has 0 atom stereocenters. The maximum atomic E-state index is 12.5. The number of benzene rings is 1. The van der Waals surface area contributed by atoms with E-state index in [1.807, 2.05) is 29.2 Å². The molecule has 0 bridgehead atoms. The molecule has 0 spiro atoms. The number of aromatic nitrogens is 1. The minimum Gasteiger partial charge on any atom is -0.497 e. The predicted molar refractivity (Wildman–Crippen MR) is 79.2 cm³/mol. The van der Waals surface area contributed by atoms with Gasteiger partial charge in [-0.05, 0) is 37.0 Å². The number of fused-ring (bicyclic) bond motifs is 1. The fourth-order valence-electron chi connectivity index (χ4n) is 2.73. The van der Waals surface area contributed by atoms with Gasteiger partial charge in [0.05, 0.1) is 7.11 Å². The van der Waals surface area contributed by atoms with Crippen molar-refractivity contribution in [2.24, 2.45) is 5.92 Å². The first kappa shape index (κ1) is 13.0. The second kappa shape index (κ2) is 5.19. The molecule has 2 aromatic rings. The van der Waals surface area contributed by atoms with Gasteiger partial charge in [0.15, 0.2) is 0 Å². The third kappa shape index (κ3) is 2.38. The Bertz CT molecular complexity index is 624. The number of likely N-dealkylation sites (tertiary alicyclic amines) is 1. The standard InChI is InChI=1S/C16H20N2O2/c1-11-5-7-18(8-6-11)16(19)15-9-12-3-4-13(20-2)10-14(12)17-15/h3-4,9-11,17H,5-8H2,1-2H3. The van der Waals surface area contributed by atoms with Crippen molar-refractivity contribution in [1.82, 2.24) is 9.88 Å². The summed E-state index contributed by atoms with van der Waals surface area (Å²) in [6, 6.07) is 7.73. The molecule has 1 aromatic heterocycles. The number of hydrogen-bond acceptors (Lipinski definition) is 2. The van der Waals surface area contributed by atoms with Gasteiger partial charge in [-0.15, -0.1) is 0 Å². The number of aromatic amines is 1. The summed E-state index contributed by atoms with van der Waals surface area (Å²) < 4.78 is 5.20. The van der Waals surface area contributed by atoms with E-state index in [2.05, 4.69) is 11.9 Å². The highest BCUT2D eigenvalue weighted by Gasteiger charge is 2.22. The van der Waals surface area contributed by atoms with Crippen LogP contribution in [0.15, 0.2) is 24.3 Å². The second-order valence-electron chi connectivity index (χ2n) is 5.61. The predicted octanol–water partition coefficient (Wildman–Crippen LogP) is 3.05. The number of amides is 1. The maximum Gasteiger partial charge on any atom is 0.270 e. The van der Waals surface area contributed by atoms with Gasteiger partial charge in [-0.2, -0.15) is 0 Å². The van der Waals surface area contributed by atoms with Crippen LogP contribution < -0.4 is 4.74 Å². The van der Waals surface area contributed by atoms with Crippen molar-refractivity contribution < 1.29 is 9.53 Å². The normalized spacial score (nSPS) is 16.6. The number of ether oxygens (including phenoxy) is 1. The molecule has 1 saturated heterocycles. The average Bonchev–Trinajstić information content (AvgIpc) is 2.90. The van der Waals surface area contributed by atoms with Crippen molar-refractivity contribution >= 4 is 16.8 Å². The summed E-state index contributed by atoms with van der Waals surface area (Å²) in [5.74, 6) is 1.63. The summed E-state index contributed by atoms with van der Waals surface area (Å²) in [7, 11) is 1.64. The minimum atomic E-state index is 0.104. The van der Waals surface area contributed by atoms with Crippen molar-refractivity contribution in [3.63, 3.8) is 0 Å². The molecule has 1 fully saturated rings. The molecule has 0 saturated carbocycles. The van der Waals surface area contributed by atoms with Crippen molar-refractivity contribution in [2.45, 2.75) is 19.8 Å². The monoisotopic (exact) mass is 272 g/mol. The average molecular weight is 272 g/mol. The van der Waals surface area contributed by atoms with Crippen LogP contribution in [0.25, 0.3) is 10.9 Å². The van der Waals surface area contributed by atoms with Gasteiger partial charge in [-0.1, -0.05) is 6.92 Å². The lowest BCUT2D eigenvalue weighted by atomic mass is 9.99. The van der Waals surface area contributed by atoms with Crippen LogP contribution in [0.3, 0.4) is 0 Å². The van der Waals surface area contributed by atoms with E-state index in [1.165, 1.54) is 0 Å². The molecule has 3 rings (SSSR count). The number of nitrogens with zero attached hydrogens (tertiary/aromatic N) is 1. The molecule has 1 aromatic carbocycles. The molecule has 20 heavy (non-hydrogen) atoms. The van der Waals surface area contributed by atoms with Gasteiger partial charge in [-0.25, -0.2) is 0 Å². The zero-order chi connectivity index (χ0) is 14.1. The lowest BCUT2D eigenvalue weighted by Crippen LogP contribution is -2.38. The summed E-state index contributed by atoms with van der Waals surface area (Å²) in [5, 5.41) is 1.04. The number of carbonyl (C=O) groups excluding carboxylic acids is 1. The molecule has 1 aliphatic rings. The number of carbonyl (C=O) groups is 1. The Hall–Kier alpha value is -1.97. The van der Waals surface area contributed by atoms with Gasteiger partial charge >= 0.3 is 0 Å². The summed E-state index contributed by atoms with van der Waals surface area (Å²) in [6.07, 6.45) is 2.19. The fraction of sp³-hybridized carbons (Fsp3) is 0.438. The number of methoxy groups -OCH3 is 1. The second-order valence-corrected chi connectivity index (χ2v) is 5.61. The highest BCUT2D eigenvalue weighted by atomic mass is 16.5. The smallest absolute Gasteiger partial charge is 0.270 e. The number of nitrogens with one attached hydrogen (secondary N) is 1. The largest absolute Gasteiger partial charge is 0.497 e. The number of hydrogen-bond donors (Lipinski definition) is 1. The highest BCUT2D eigenvalue weighted by Crippen LogP contribution is 2.23. The highest BCUT2D eigenvalue weighted by molar-refractivity contribution is 5.98. The van der Waals surface area contributed by atoms with E-state index in [0.717, 1.165) is 48.5 Å². The quantitative estimate of drug-likeness (QED) is 0.913. The van der Waals surface area contributed by atoms with E-state index in [-0.39, 0.29) is 5.91 Å². The molecule has 1 N–H and O–H groups in total. The fourth-order valence-corrected chi connectivity index (χ4v) is 2.73. The Morgan fingerprint density at radius 3 is 2.75 bits per heavy atom. The van der Waals surface area contributed by atoms with Gasteiger partial charge < -0.3 is 14.6 Å². The minimum absolute atomic E-state index is 0.104. The first-order chi connectivity index (χ1) is 9.67. The van der Waals surface area contributed by atoms with Crippen LogP contribution in [0.5, 0.6) is 5.75 Å². The molecule has 4 heteroatoms. The summed E-state index contributed by atoms with van der Waals surface area (Å²) >= 11 is 0. The zero-order valence-corrected chi connectivity index (χ0v) is 12.0. The van der Waals surface area contributed by atoms with Gasteiger partial charge in [0, 0.05) is 30.1 Å². The Balaban J connectivity index is 1.84. The van der Waals surface area contributed by atoms with Crippen LogP contribution in [0.2, 0.25) is 0 Å². The zero-order valence-electron chi connectivity index (χ0n) is 12.0. The van der Waals surface area contributed by atoms with Crippen LogP contribution >= 0.6 is 0 Å². The van der Waals surface area contributed by atoms with E-state index < -0.39 is 0 Å². The van der Waals surface area contributed by atoms with E-state index in [1.54, 1.807) is 7.11 Å². The molecular formula is C16H20N2O2. The van der Waals surface area contributed by atoms with E-state index in [9.17, 15) is 4.79 Å². The van der Waals surface area contributed by atoms with Crippen LogP contribution in [-0.4, -0.2) is 36.0 Å². The Kier molecular flexibility index (Phi) is 3.38. The third-order valence-corrected chi connectivity index (χ3v) is 4.13. The number of H-pyrrole nitrogens is 1. The molecule has 1 amide bonds. The lowest BCUT2D eigenvalue weighted by Gasteiger charge is -2.29. The summed E-state index contributed by atoms with van der Waals surface area (Å²) in [5.41, 5.74) is 1.61. The van der Waals surface area contributed by atoms with Gasteiger partial charge in [0.25, 0.3) is 5.91 Å². The Morgan fingerprint density at radius 1 is 1.30 bits per heavy atom. The van der Waals surface area contributed by atoms with Crippen molar-refractivity contribution in [1.29, 1.82) is 0 Å². The number of rotatable bonds is 2. The first-order valence-electron chi connectivity index (χ1n) is 7.13. The molecule has 4 nitrogen and oxygen atoms in total. The molecule has 1 aliphatic heterocycles. The van der Waals surface area contributed by atoms with E-state index in [0.29, 0.717) is 5.69 Å². The molecule has 2 heterocycles. The molecule has 0 aliphatic carbocycles. The van der Waals surface area contributed by atoms with Gasteiger partial charge in [-0.3, -0.25) is 4.79 Å². The lowest BCUT2D eigenvalue weighted by molar-refractivity contribution is 0.0692. The van der Waals surface area contributed by atoms with Crippen LogP contribution in [0.4, 0.5) is 0 Å². The maximum absolute atomic E-state index is 12.5. The van der Waals surface area contributed by atoms with Crippen molar-refractivity contribution in [3.8, 4) is 5.75 Å². The van der Waals surface area contributed by atoms with Crippen LogP contribution in [0.1, 0.15) is 30.3 Å².